The number of hydrogen-bond donors (Lipinski definition) is 2. The minimum atomic E-state index is -0.850. The fraction of sp³-hybridized carbons (Fsp3) is 0.875. The molecule has 5 heteroatoms. The molecule has 2 aliphatic rings. The van der Waals surface area contributed by atoms with Gasteiger partial charge in [-0.2, -0.15) is 0 Å². The molecule has 2 aliphatic heterocycles. The van der Waals surface area contributed by atoms with Crippen molar-refractivity contribution in [1.29, 1.82) is 0 Å². The first kappa shape index (κ1) is 16.3. The van der Waals surface area contributed by atoms with E-state index in [1.165, 1.54) is 0 Å². The minimum Gasteiger partial charge on any atom is -0.480 e. The molecule has 5 nitrogen and oxygen atoms in total. The van der Waals surface area contributed by atoms with Crippen LogP contribution < -0.4 is 5.32 Å². The molecule has 0 bridgehead atoms. The van der Waals surface area contributed by atoms with Crippen LogP contribution in [0.25, 0.3) is 0 Å². The molecule has 21 heavy (non-hydrogen) atoms. The van der Waals surface area contributed by atoms with Gasteiger partial charge in [0.25, 0.3) is 0 Å². The van der Waals surface area contributed by atoms with E-state index in [4.69, 9.17) is 0 Å². The second-order valence-corrected chi connectivity index (χ2v) is 6.57. The smallest absolute Gasteiger partial charge is 0.326 e. The van der Waals surface area contributed by atoms with Crippen molar-refractivity contribution in [2.45, 2.75) is 58.4 Å². The first-order chi connectivity index (χ1) is 10.0. The van der Waals surface area contributed by atoms with Crippen molar-refractivity contribution >= 4 is 11.9 Å². The van der Waals surface area contributed by atoms with Crippen LogP contribution in [0.5, 0.6) is 0 Å². The van der Waals surface area contributed by atoms with Crippen molar-refractivity contribution < 1.29 is 14.7 Å². The van der Waals surface area contributed by atoms with Gasteiger partial charge in [-0.25, -0.2) is 4.79 Å². The molecule has 2 fully saturated rings. The molecule has 0 aromatic rings. The lowest BCUT2D eigenvalue weighted by molar-refractivity contribution is -0.159. The Balaban J connectivity index is 2.17. The topological polar surface area (TPSA) is 69.6 Å². The van der Waals surface area contributed by atoms with E-state index in [2.05, 4.69) is 12.2 Å². The second-order valence-electron chi connectivity index (χ2n) is 6.57. The van der Waals surface area contributed by atoms with Crippen molar-refractivity contribution in [3.63, 3.8) is 0 Å². The molecule has 0 saturated carbocycles. The van der Waals surface area contributed by atoms with Crippen LogP contribution in [-0.4, -0.2) is 47.6 Å². The number of aliphatic carboxylic acids is 1. The van der Waals surface area contributed by atoms with Crippen molar-refractivity contribution in [1.82, 2.24) is 10.2 Å². The normalized spacial score (nSPS) is 33.7. The summed E-state index contributed by atoms with van der Waals surface area (Å²) in [7, 11) is 0. The summed E-state index contributed by atoms with van der Waals surface area (Å²) >= 11 is 0. The SMILES string of the molecule is CCC1CCN(C(=O)C2(CC)CCCNC2)C(C(=O)O)C1. The van der Waals surface area contributed by atoms with Gasteiger partial charge in [0, 0.05) is 13.1 Å². The largest absolute Gasteiger partial charge is 0.480 e. The van der Waals surface area contributed by atoms with E-state index >= 15 is 0 Å². The Morgan fingerprint density at radius 1 is 1.38 bits per heavy atom. The molecule has 0 aromatic heterocycles. The summed E-state index contributed by atoms with van der Waals surface area (Å²) < 4.78 is 0. The highest BCUT2D eigenvalue weighted by Gasteiger charge is 2.45. The number of rotatable bonds is 4. The zero-order valence-electron chi connectivity index (χ0n) is 13.2. The number of carboxylic acids is 1. The fourth-order valence-corrected chi connectivity index (χ4v) is 3.79. The standard InChI is InChI=1S/C16H28N2O3/c1-3-12-6-9-18(13(10-12)14(19)20)15(21)16(4-2)7-5-8-17-11-16/h12-13,17H,3-11H2,1-2H3,(H,19,20). The lowest BCUT2D eigenvalue weighted by Crippen LogP contribution is -2.58. The first-order valence-corrected chi connectivity index (χ1v) is 8.28. The van der Waals surface area contributed by atoms with E-state index in [1.54, 1.807) is 4.90 Å². The molecule has 0 spiro atoms. The van der Waals surface area contributed by atoms with Crippen LogP contribution in [0, 0.1) is 11.3 Å². The summed E-state index contributed by atoms with van der Waals surface area (Å²) in [6, 6.07) is -0.637. The van der Waals surface area contributed by atoms with Gasteiger partial charge >= 0.3 is 5.97 Å². The van der Waals surface area contributed by atoms with Gasteiger partial charge in [0.2, 0.25) is 5.91 Å². The fourth-order valence-electron chi connectivity index (χ4n) is 3.79. The molecule has 3 unspecified atom stereocenters. The van der Waals surface area contributed by atoms with Crippen molar-refractivity contribution in [3.05, 3.63) is 0 Å². The number of nitrogens with one attached hydrogen (secondary N) is 1. The lowest BCUT2D eigenvalue weighted by Gasteiger charge is -2.44. The van der Waals surface area contributed by atoms with Gasteiger partial charge in [0.1, 0.15) is 6.04 Å². The molecule has 2 saturated heterocycles. The summed E-state index contributed by atoms with van der Waals surface area (Å²) in [4.78, 5) is 26.3. The second kappa shape index (κ2) is 6.77. The molecule has 0 radical (unpaired) electrons. The third-order valence-corrected chi connectivity index (χ3v) is 5.44. The summed E-state index contributed by atoms with van der Waals surface area (Å²) in [5.41, 5.74) is -0.398. The van der Waals surface area contributed by atoms with Crippen LogP contribution in [0.3, 0.4) is 0 Å². The van der Waals surface area contributed by atoms with E-state index < -0.39 is 17.4 Å². The van der Waals surface area contributed by atoms with Crippen LogP contribution in [0.2, 0.25) is 0 Å². The molecule has 2 N–H and O–H groups in total. The molecule has 1 amide bonds. The van der Waals surface area contributed by atoms with Gasteiger partial charge in [-0.15, -0.1) is 0 Å². The van der Waals surface area contributed by atoms with Gasteiger partial charge < -0.3 is 15.3 Å². The zero-order valence-corrected chi connectivity index (χ0v) is 13.2. The van der Waals surface area contributed by atoms with E-state index in [0.29, 0.717) is 25.4 Å². The van der Waals surface area contributed by atoms with Crippen LogP contribution in [-0.2, 0) is 9.59 Å². The van der Waals surface area contributed by atoms with Crippen LogP contribution in [0.1, 0.15) is 52.4 Å². The Morgan fingerprint density at radius 2 is 2.14 bits per heavy atom. The molecular weight excluding hydrogens is 268 g/mol. The van der Waals surface area contributed by atoms with Crippen LogP contribution in [0.4, 0.5) is 0 Å². The maximum absolute atomic E-state index is 13.0. The Labute approximate surface area is 127 Å². The molecule has 3 atom stereocenters. The number of likely N-dealkylation sites (tertiary alicyclic amines) is 1. The van der Waals surface area contributed by atoms with Gasteiger partial charge in [0.15, 0.2) is 0 Å². The lowest BCUT2D eigenvalue weighted by atomic mass is 9.75. The number of piperidine rings is 2. The molecule has 0 aliphatic carbocycles. The number of nitrogens with zero attached hydrogens (tertiary/aromatic N) is 1. The predicted molar refractivity (Wildman–Crippen MR) is 81.0 cm³/mol. The predicted octanol–water partition coefficient (Wildman–Crippen LogP) is 1.87. The van der Waals surface area contributed by atoms with E-state index in [-0.39, 0.29) is 5.91 Å². The molecule has 2 heterocycles. The highest BCUT2D eigenvalue weighted by Crippen LogP contribution is 2.36. The summed E-state index contributed by atoms with van der Waals surface area (Å²) in [6.07, 6.45) is 5.16. The Morgan fingerprint density at radius 3 is 2.67 bits per heavy atom. The third-order valence-electron chi connectivity index (χ3n) is 5.44. The van der Waals surface area contributed by atoms with Crippen LogP contribution in [0.15, 0.2) is 0 Å². The monoisotopic (exact) mass is 296 g/mol. The Bertz CT molecular complexity index is 391. The average Bonchev–Trinajstić information content (AvgIpc) is 2.54. The van der Waals surface area contributed by atoms with Crippen molar-refractivity contribution in [3.8, 4) is 0 Å². The third kappa shape index (κ3) is 3.23. The number of hydrogen-bond acceptors (Lipinski definition) is 3. The van der Waals surface area contributed by atoms with Gasteiger partial charge in [-0.05, 0) is 44.6 Å². The Hall–Kier alpha value is -1.10. The van der Waals surface area contributed by atoms with E-state index in [1.807, 2.05) is 6.92 Å². The van der Waals surface area contributed by atoms with Gasteiger partial charge in [0.05, 0.1) is 5.41 Å². The number of carbonyl (C=O) groups excluding carboxylic acids is 1. The maximum Gasteiger partial charge on any atom is 0.326 e. The average molecular weight is 296 g/mol. The molecule has 2 rings (SSSR count). The highest BCUT2D eigenvalue weighted by atomic mass is 16.4. The maximum atomic E-state index is 13.0. The highest BCUT2D eigenvalue weighted by molar-refractivity contribution is 5.88. The molecule has 120 valence electrons. The number of amides is 1. The molecule has 0 aromatic carbocycles. The molecular formula is C16H28N2O3. The summed E-state index contributed by atoms with van der Waals surface area (Å²) in [6.45, 7) is 6.37. The zero-order chi connectivity index (χ0) is 15.5. The quantitative estimate of drug-likeness (QED) is 0.831. The van der Waals surface area contributed by atoms with Gasteiger partial charge in [-0.1, -0.05) is 20.3 Å². The van der Waals surface area contributed by atoms with Crippen molar-refractivity contribution in [2.75, 3.05) is 19.6 Å². The first-order valence-electron chi connectivity index (χ1n) is 8.28. The van der Waals surface area contributed by atoms with E-state index in [0.717, 1.165) is 38.6 Å². The number of carbonyl (C=O) groups is 2. The Kier molecular flexibility index (Phi) is 5.25. The summed E-state index contributed by atoms with van der Waals surface area (Å²) in [5, 5.41) is 12.8. The van der Waals surface area contributed by atoms with Crippen molar-refractivity contribution in [2.24, 2.45) is 11.3 Å². The minimum absolute atomic E-state index is 0.0548. The summed E-state index contributed by atoms with van der Waals surface area (Å²) in [5.74, 6) is -0.368. The van der Waals surface area contributed by atoms with Gasteiger partial charge in [-0.3, -0.25) is 4.79 Å². The van der Waals surface area contributed by atoms with Crippen LogP contribution >= 0.6 is 0 Å². The number of carboxylic acid groups (broad SMARTS) is 1. The van der Waals surface area contributed by atoms with E-state index in [9.17, 15) is 14.7 Å².